The minimum absolute atomic E-state index is 0.321. The molecule has 3 heteroatoms. The SMILES string of the molecule is Nc1ccc(CN(CCCCCO)C2CC2)cc1. The van der Waals surface area contributed by atoms with Gasteiger partial charge in [-0.2, -0.15) is 0 Å². The molecular weight excluding hydrogens is 224 g/mol. The maximum Gasteiger partial charge on any atom is 0.0431 e. The first-order chi connectivity index (χ1) is 8.79. The van der Waals surface area contributed by atoms with E-state index in [-0.39, 0.29) is 0 Å². The lowest BCUT2D eigenvalue weighted by Gasteiger charge is -2.22. The minimum Gasteiger partial charge on any atom is -0.399 e. The predicted octanol–water partition coefficient (Wildman–Crippen LogP) is 2.40. The highest BCUT2D eigenvalue weighted by Crippen LogP contribution is 2.28. The van der Waals surface area contributed by atoms with Crippen LogP contribution in [-0.2, 0) is 6.54 Å². The van der Waals surface area contributed by atoms with Gasteiger partial charge in [-0.15, -0.1) is 0 Å². The van der Waals surface area contributed by atoms with Crippen LogP contribution in [-0.4, -0.2) is 29.2 Å². The molecule has 3 N–H and O–H groups in total. The zero-order chi connectivity index (χ0) is 12.8. The average molecular weight is 248 g/mol. The fraction of sp³-hybridized carbons (Fsp3) is 0.600. The van der Waals surface area contributed by atoms with Crippen molar-refractivity contribution >= 4 is 5.69 Å². The zero-order valence-electron chi connectivity index (χ0n) is 11.0. The predicted molar refractivity (Wildman–Crippen MR) is 75.2 cm³/mol. The quantitative estimate of drug-likeness (QED) is 0.548. The molecule has 1 fully saturated rings. The third-order valence-corrected chi connectivity index (χ3v) is 3.53. The normalized spacial score (nSPS) is 15.2. The number of nitrogen functional groups attached to an aromatic ring is 1. The van der Waals surface area contributed by atoms with Gasteiger partial charge in [-0.25, -0.2) is 0 Å². The standard InChI is InChI=1S/C15H24N2O/c16-14-6-4-13(5-7-14)12-17(15-8-9-15)10-2-1-3-11-18/h4-7,15,18H,1-3,8-12,16H2. The van der Waals surface area contributed by atoms with Crippen LogP contribution < -0.4 is 5.73 Å². The van der Waals surface area contributed by atoms with Crippen LogP contribution in [0.5, 0.6) is 0 Å². The van der Waals surface area contributed by atoms with Crippen LogP contribution in [0.1, 0.15) is 37.7 Å². The number of hydrogen-bond acceptors (Lipinski definition) is 3. The van der Waals surface area contributed by atoms with E-state index in [1.54, 1.807) is 0 Å². The Bertz CT molecular complexity index is 346. The van der Waals surface area contributed by atoms with Gasteiger partial charge in [0, 0.05) is 24.9 Å². The van der Waals surface area contributed by atoms with Crippen molar-refractivity contribution < 1.29 is 5.11 Å². The van der Waals surface area contributed by atoms with Crippen LogP contribution >= 0.6 is 0 Å². The van der Waals surface area contributed by atoms with Gasteiger partial charge in [0.15, 0.2) is 0 Å². The van der Waals surface area contributed by atoms with E-state index in [1.807, 2.05) is 12.1 Å². The summed E-state index contributed by atoms with van der Waals surface area (Å²) in [5, 5.41) is 8.79. The molecule has 1 aromatic carbocycles. The summed E-state index contributed by atoms with van der Waals surface area (Å²) < 4.78 is 0. The van der Waals surface area contributed by atoms with Crippen LogP contribution in [0.15, 0.2) is 24.3 Å². The van der Waals surface area contributed by atoms with Gasteiger partial charge in [-0.3, -0.25) is 4.90 Å². The molecule has 0 heterocycles. The van der Waals surface area contributed by atoms with Crippen molar-refractivity contribution in [1.29, 1.82) is 0 Å². The van der Waals surface area contributed by atoms with Crippen LogP contribution in [0.25, 0.3) is 0 Å². The first-order valence-corrected chi connectivity index (χ1v) is 6.99. The zero-order valence-corrected chi connectivity index (χ0v) is 11.0. The Labute approximate surface area is 110 Å². The van der Waals surface area contributed by atoms with E-state index < -0.39 is 0 Å². The van der Waals surface area contributed by atoms with Crippen molar-refractivity contribution in [1.82, 2.24) is 4.90 Å². The monoisotopic (exact) mass is 248 g/mol. The number of anilines is 1. The summed E-state index contributed by atoms with van der Waals surface area (Å²) >= 11 is 0. The van der Waals surface area contributed by atoms with Gasteiger partial charge in [0.1, 0.15) is 0 Å². The van der Waals surface area contributed by atoms with Crippen molar-refractivity contribution in [2.75, 3.05) is 18.9 Å². The number of aliphatic hydroxyl groups is 1. The molecule has 0 radical (unpaired) electrons. The van der Waals surface area contributed by atoms with E-state index in [0.29, 0.717) is 6.61 Å². The maximum atomic E-state index is 8.79. The molecule has 1 aliphatic rings. The second kappa shape index (κ2) is 6.76. The fourth-order valence-corrected chi connectivity index (χ4v) is 2.29. The molecule has 0 atom stereocenters. The summed E-state index contributed by atoms with van der Waals surface area (Å²) in [7, 11) is 0. The Morgan fingerprint density at radius 1 is 1.11 bits per heavy atom. The Morgan fingerprint density at radius 3 is 2.44 bits per heavy atom. The van der Waals surface area contributed by atoms with Crippen molar-refractivity contribution in [2.24, 2.45) is 0 Å². The van der Waals surface area contributed by atoms with Gasteiger partial charge in [0.05, 0.1) is 0 Å². The Balaban J connectivity index is 1.80. The summed E-state index contributed by atoms with van der Waals surface area (Å²) in [4.78, 5) is 2.57. The Kier molecular flexibility index (Phi) is 5.02. The van der Waals surface area contributed by atoms with Crippen LogP contribution in [0.4, 0.5) is 5.69 Å². The molecule has 1 aliphatic carbocycles. The summed E-state index contributed by atoms with van der Waals surface area (Å²) in [6.07, 6.45) is 5.93. The lowest BCUT2D eigenvalue weighted by Crippen LogP contribution is -2.26. The summed E-state index contributed by atoms with van der Waals surface area (Å²) in [5.41, 5.74) is 7.88. The van der Waals surface area contributed by atoms with Crippen molar-refractivity contribution in [3.8, 4) is 0 Å². The van der Waals surface area contributed by atoms with Gasteiger partial charge in [-0.05, 0) is 56.3 Å². The maximum absolute atomic E-state index is 8.79. The molecule has 2 rings (SSSR count). The minimum atomic E-state index is 0.321. The summed E-state index contributed by atoms with van der Waals surface area (Å²) in [6.45, 7) is 2.50. The van der Waals surface area contributed by atoms with Crippen LogP contribution in [0.3, 0.4) is 0 Å². The Hall–Kier alpha value is -1.06. The molecule has 1 saturated carbocycles. The highest BCUT2D eigenvalue weighted by molar-refractivity contribution is 5.39. The van der Waals surface area contributed by atoms with E-state index in [0.717, 1.165) is 37.7 Å². The number of nitrogens with two attached hydrogens (primary N) is 1. The van der Waals surface area contributed by atoms with E-state index >= 15 is 0 Å². The second-order valence-electron chi connectivity index (χ2n) is 5.23. The summed E-state index contributed by atoms with van der Waals surface area (Å²) in [5.74, 6) is 0. The lowest BCUT2D eigenvalue weighted by molar-refractivity contribution is 0.239. The van der Waals surface area contributed by atoms with E-state index in [1.165, 1.54) is 24.8 Å². The number of benzene rings is 1. The van der Waals surface area contributed by atoms with E-state index in [9.17, 15) is 0 Å². The highest BCUT2D eigenvalue weighted by atomic mass is 16.2. The molecule has 0 saturated heterocycles. The second-order valence-corrected chi connectivity index (χ2v) is 5.23. The largest absolute Gasteiger partial charge is 0.399 e. The topological polar surface area (TPSA) is 49.5 Å². The molecule has 0 unspecified atom stereocenters. The fourth-order valence-electron chi connectivity index (χ4n) is 2.29. The van der Waals surface area contributed by atoms with Gasteiger partial charge in [-0.1, -0.05) is 12.1 Å². The molecule has 0 aliphatic heterocycles. The molecule has 0 aromatic heterocycles. The highest BCUT2D eigenvalue weighted by Gasteiger charge is 2.28. The molecule has 0 amide bonds. The smallest absolute Gasteiger partial charge is 0.0431 e. The van der Waals surface area contributed by atoms with Crippen molar-refractivity contribution in [2.45, 2.75) is 44.7 Å². The molecular formula is C15H24N2O. The molecule has 1 aromatic rings. The van der Waals surface area contributed by atoms with E-state index in [4.69, 9.17) is 10.8 Å². The van der Waals surface area contributed by atoms with Gasteiger partial charge >= 0.3 is 0 Å². The first kappa shape index (κ1) is 13.4. The molecule has 0 bridgehead atoms. The van der Waals surface area contributed by atoms with Gasteiger partial charge in [0.25, 0.3) is 0 Å². The molecule has 3 nitrogen and oxygen atoms in total. The van der Waals surface area contributed by atoms with Gasteiger partial charge < -0.3 is 10.8 Å². The first-order valence-electron chi connectivity index (χ1n) is 6.99. The van der Waals surface area contributed by atoms with Crippen molar-refractivity contribution in [3.63, 3.8) is 0 Å². The third-order valence-electron chi connectivity index (χ3n) is 3.53. The van der Waals surface area contributed by atoms with E-state index in [2.05, 4.69) is 17.0 Å². The molecule has 100 valence electrons. The Morgan fingerprint density at radius 2 is 1.83 bits per heavy atom. The van der Waals surface area contributed by atoms with Crippen molar-refractivity contribution in [3.05, 3.63) is 29.8 Å². The average Bonchev–Trinajstić information content (AvgIpc) is 3.20. The molecule has 0 spiro atoms. The number of unbranched alkanes of at least 4 members (excludes halogenated alkanes) is 2. The number of nitrogens with zero attached hydrogens (tertiary/aromatic N) is 1. The molecule has 18 heavy (non-hydrogen) atoms. The third kappa shape index (κ3) is 4.31. The number of aliphatic hydroxyl groups excluding tert-OH is 1. The van der Waals surface area contributed by atoms with Crippen LogP contribution in [0.2, 0.25) is 0 Å². The number of hydrogen-bond donors (Lipinski definition) is 2. The summed E-state index contributed by atoms with van der Waals surface area (Å²) in [6, 6.07) is 8.99. The van der Waals surface area contributed by atoms with Gasteiger partial charge in [0.2, 0.25) is 0 Å². The van der Waals surface area contributed by atoms with Crippen LogP contribution in [0, 0.1) is 0 Å². The number of rotatable bonds is 8. The lowest BCUT2D eigenvalue weighted by atomic mass is 10.1.